The van der Waals surface area contributed by atoms with E-state index in [-0.39, 0.29) is 11.0 Å². The summed E-state index contributed by atoms with van der Waals surface area (Å²) in [6, 6.07) is 6.19. The van der Waals surface area contributed by atoms with Crippen molar-refractivity contribution in [2.75, 3.05) is 4.72 Å². The van der Waals surface area contributed by atoms with Gasteiger partial charge in [-0.3, -0.25) is 4.72 Å². The maximum atomic E-state index is 12.1. The van der Waals surface area contributed by atoms with Crippen molar-refractivity contribution in [1.29, 1.82) is 0 Å². The minimum atomic E-state index is -3.31. The summed E-state index contributed by atoms with van der Waals surface area (Å²) >= 11 is 0. The first-order valence-electron chi connectivity index (χ1n) is 5.88. The van der Waals surface area contributed by atoms with Crippen molar-refractivity contribution < 1.29 is 13.5 Å². The van der Waals surface area contributed by atoms with Crippen molar-refractivity contribution in [2.45, 2.75) is 37.4 Å². The topological polar surface area (TPSA) is 66.4 Å². The summed E-state index contributed by atoms with van der Waals surface area (Å²) in [6.45, 7) is 0. The molecular weight excluding hydrogens is 238 g/mol. The number of phenols is 1. The SMILES string of the molecule is O=S(=O)(Nc1cccc(O)c1)C1CCCCC1. The molecular formula is C12H17NO3S. The van der Waals surface area contributed by atoms with E-state index in [9.17, 15) is 13.5 Å². The predicted molar refractivity (Wildman–Crippen MR) is 67.5 cm³/mol. The van der Waals surface area contributed by atoms with E-state index in [4.69, 9.17) is 0 Å². The van der Waals surface area contributed by atoms with Crippen LogP contribution in [0.3, 0.4) is 0 Å². The number of phenolic OH excluding ortho intramolecular Hbond substituents is 1. The average Bonchev–Trinajstić information content (AvgIpc) is 2.29. The van der Waals surface area contributed by atoms with Gasteiger partial charge in [-0.2, -0.15) is 0 Å². The summed E-state index contributed by atoms with van der Waals surface area (Å²) in [5.74, 6) is 0.0637. The van der Waals surface area contributed by atoms with Gasteiger partial charge in [0.25, 0.3) is 0 Å². The number of hydrogen-bond acceptors (Lipinski definition) is 3. The fourth-order valence-corrected chi connectivity index (χ4v) is 3.77. The van der Waals surface area contributed by atoms with Gasteiger partial charge in [0.15, 0.2) is 0 Å². The van der Waals surface area contributed by atoms with E-state index in [0.29, 0.717) is 5.69 Å². The predicted octanol–water partition coefficient (Wildman–Crippen LogP) is 2.47. The monoisotopic (exact) mass is 255 g/mol. The summed E-state index contributed by atoms with van der Waals surface area (Å²) in [7, 11) is -3.31. The van der Waals surface area contributed by atoms with Crippen LogP contribution >= 0.6 is 0 Å². The van der Waals surface area contributed by atoms with Crippen molar-refractivity contribution in [3.8, 4) is 5.75 Å². The zero-order chi connectivity index (χ0) is 12.3. The van der Waals surface area contributed by atoms with Crippen LogP contribution in [-0.2, 0) is 10.0 Å². The Morgan fingerprint density at radius 1 is 1.18 bits per heavy atom. The highest BCUT2D eigenvalue weighted by molar-refractivity contribution is 7.93. The van der Waals surface area contributed by atoms with Crippen LogP contribution in [0, 0.1) is 0 Å². The number of aromatic hydroxyl groups is 1. The summed E-state index contributed by atoms with van der Waals surface area (Å²) < 4.78 is 26.7. The highest BCUT2D eigenvalue weighted by atomic mass is 32.2. The van der Waals surface area contributed by atoms with Crippen LogP contribution < -0.4 is 4.72 Å². The molecule has 4 nitrogen and oxygen atoms in total. The van der Waals surface area contributed by atoms with Crippen LogP contribution in [0.15, 0.2) is 24.3 Å². The van der Waals surface area contributed by atoms with E-state index in [1.54, 1.807) is 12.1 Å². The lowest BCUT2D eigenvalue weighted by Gasteiger charge is -2.22. The quantitative estimate of drug-likeness (QED) is 0.872. The highest BCUT2D eigenvalue weighted by Crippen LogP contribution is 2.26. The Bertz CT molecular complexity index is 478. The number of anilines is 1. The Balaban J connectivity index is 2.11. The van der Waals surface area contributed by atoms with Gasteiger partial charge in [0.05, 0.1) is 10.9 Å². The molecule has 0 radical (unpaired) electrons. The Morgan fingerprint density at radius 3 is 2.53 bits per heavy atom. The number of benzene rings is 1. The lowest BCUT2D eigenvalue weighted by molar-refractivity contribution is 0.475. The molecule has 0 aromatic heterocycles. The fourth-order valence-electron chi connectivity index (χ4n) is 2.19. The summed E-state index contributed by atoms with van der Waals surface area (Å²) in [5, 5.41) is 8.99. The van der Waals surface area contributed by atoms with E-state index in [1.165, 1.54) is 12.1 Å². The first-order valence-corrected chi connectivity index (χ1v) is 7.43. The molecule has 1 saturated carbocycles. The van der Waals surface area contributed by atoms with Crippen molar-refractivity contribution in [3.63, 3.8) is 0 Å². The van der Waals surface area contributed by atoms with E-state index in [1.807, 2.05) is 0 Å². The van der Waals surface area contributed by atoms with Crippen molar-refractivity contribution in [1.82, 2.24) is 0 Å². The van der Waals surface area contributed by atoms with Crippen LogP contribution in [0.1, 0.15) is 32.1 Å². The molecule has 1 aliphatic carbocycles. The number of sulfonamides is 1. The molecule has 1 aliphatic rings. The molecule has 0 amide bonds. The molecule has 1 fully saturated rings. The van der Waals surface area contributed by atoms with Crippen molar-refractivity contribution in [3.05, 3.63) is 24.3 Å². The Hall–Kier alpha value is -1.23. The highest BCUT2D eigenvalue weighted by Gasteiger charge is 2.27. The number of hydrogen-bond donors (Lipinski definition) is 2. The maximum Gasteiger partial charge on any atom is 0.235 e. The smallest absolute Gasteiger partial charge is 0.235 e. The molecule has 0 atom stereocenters. The van der Waals surface area contributed by atoms with Gasteiger partial charge in [-0.15, -0.1) is 0 Å². The van der Waals surface area contributed by atoms with Crippen LogP contribution in [0.5, 0.6) is 5.75 Å². The largest absolute Gasteiger partial charge is 0.508 e. The fraction of sp³-hybridized carbons (Fsp3) is 0.500. The second kappa shape index (κ2) is 4.96. The zero-order valence-electron chi connectivity index (χ0n) is 9.59. The molecule has 5 heteroatoms. The number of rotatable bonds is 3. The molecule has 1 aromatic rings. The molecule has 0 spiro atoms. The molecule has 0 unspecified atom stereocenters. The first kappa shape index (κ1) is 12.2. The second-order valence-electron chi connectivity index (χ2n) is 4.46. The van der Waals surface area contributed by atoms with E-state index in [2.05, 4.69) is 4.72 Å². The van der Waals surface area contributed by atoms with Crippen LogP contribution in [0.25, 0.3) is 0 Å². The van der Waals surface area contributed by atoms with Gasteiger partial charge in [0, 0.05) is 6.07 Å². The van der Waals surface area contributed by atoms with Crippen molar-refractivity contribution >= 4 is 15.7 Å². The summed E-state index contributed by atoms with van der Waals surface area (Å²) in [4.78, 5) is 0. The summed E-state index contributed by atoms with van der Waals surface area (Å²) in [5.41, 5.74) is 0.426. The molecule has 17 heavy (non-hydrogen) atoms. The lowest BCUT2D eigenvalue weighted by atomic mass is 10.0. The van der Waals surface area contributed by atoms with Gasteiger partial charge in [0.2, 0.25) is 10.0 Å². The third kappa shape index (κ3) is 3.12. The van der Waals surface area contributed by atoms with Gasteiger partial charge in [-0.1, -0.05) is 25.3 Å². The van der Waals surface area contributed by atoms with Crippen LogP contribution in [0.2, 0.25) is 0 Å². The summed E-state index contributed by atoms with van der Waals surface area (Å²) in [6.07, 6.45) is 4.54. The lowest BCUT2D eigenvalue weighted by Crippen LogP contribution is -2.29. The average molecular weight is 255 g/mol. The molecule has 1 aromatic carbocycles. The van der Waals surface area contributed by atoms with Gasteiger partial charge in [0.1, 0.15) is 5.75 Å². The molecule has 0 heterocycles. The normalized spacial score (nSPS) is 17.9. The molecule has 2 rings (SSSR count). The van der Waals surface area contributed by atoms with Gasteiger partial charge in [-0.25, -0.2) is 8.42 Å². The molecule has 0 aliphatic heterocycles. The van der Waals surface area contributed by atoms with Gasteiger partial charge < -0.3 is 5.11 Å². The van der Waals surface area contributed by atoms with Gasteiger partial charge >= 0.3 is 0 Å². The molecule has 0 saturated heterocycles. The third-order valence-electron chi connectivity index (χ3n) is 3.10. The van der Waals surface area contributed by atoms with E-state index >= 15 is 0 Å². The third-order valence-corrected chi connectivity index (χ3v) is 4.97. The second-order valence-corrected chi connectivity index (χ2v) is 6.42. The van der Waals surface area contributed by atoms with Gasteiger partial charge in [-0.05, 0) is 25.0 Å². The minimum Gasteiger partial charge on any atom is -0.508 e. The van der Waals surface area contributed by atoms with E-state index in [0.717, 1.165) is 32.1 Å². The standard InChI is InChI=1S/C12H17NO3S/c14-11-6-4-5-10(9-11)13-17(15,16)12-7-2-1-3-8-12/h4-6,9,12-14H,1-3,7-8H2. The Morgan fingerprint density at radius 2 is 1.88 bits per heavy atom. The van der Waals surface area contributed by atoms with Crippen LogP contribution in [-0.4, -0.2) is 18.8 Å². The molecule has 2 N–H and O–H groups in total. The molecule has 94 valence electrons. The number of nitrogens with one attached hydrogen (secondary N) is 1. The minimum absolute atomic E-state index is 0.0637. The van der Waals surface area contributed by atoms with Crippen molar-refractivity contribution in [2.24, 2.45) is 0 Å². The first-order chi connectivity index (χ1) is 8.08. The van der Waals surface area contributed by atoms with Crippen LogP contribution in [0.4, 0.5) is 5.69 Å². The molecule has 0 bridgehead atoms. The maximum absolute atomic E-state index is 12.1. The Kier molecular flexibility index (Phi) is 3.57. The Labute approximate surface area is 102 Å². The van der Waals surface area contributed by atoms with E-state index < -0.39 is 10.0 Å². The zero-order valence-corrected chi connectivity index (χ0v) is 10.4.